The number of aryl methyl sites for hydroxylation is 2. The summed E-state index contributed by atoms with van der Waals surface area (Å²) < 4.78 is 10.8. The monoisotopic (exact) mass is 277 g/mol. The van der Waals surface area contributed by atoms with Gasteiger partial charge in [-0.1, -0.05) is 0 Å². The largest absolute Gasteiger partial charge is 0.493 e. The summed E-state index contributed by atoms with van der Waals surface area (Å²) in [6.07, 6.45) is 0.905. The molecule has 0 saturated heterocycles. The number of aromatic nitrogens is 1. The molecule has 19 heavy (non-hydrogen) atoms. The molecule has 102 valence electrons. The van der Waals surface area contributed by atoms with Crippen molar-refractivity contribution >= 4 is 11.3 Å². The van der Waals surface area contributed by atoms with E-state index in [1.165, 1.54) is 16.7 Å². The number of hydrogen-bond donors (Lipinski definition) is 0. The van der Waals surface area contributed by atoms with Gasteiger partial charge in [-0.25, -0.2) is 4.98 Å². The number of methoxy groups -OCH3 is 1. The Kier molecular flexibility index (Phi) is 4.93. The summed E-state index contributed by atoms with van der Waals surface area (Å²) in [4.78, 5) is 4.39. The Morgan fingerprint density at radius 2 is 1.89 bits per heavy atom. The highest BCUT2D eigenvalue weighted by Gasteiger charge is 2.09. The number of benzene rings is 1. The van der Waals surface area contributed by atoms with Gasteiger partial charge in [0.2, 0.25) is 0 Å². The Labute approximate surface area is 118 Å². The van der Waals surface area contributed by atoms with Gasteiger partial charge in [0.25, 0.3) is 0 Å². The molecule has 0 bridgehead atoms. The highest BCUT2D eigenvalue weighted by molar-refractivity contribution is 7.07. The highest BCUT2D eigenvalue weighted by Crippen LogP contribution is 2.30. The van der Waals surface area contributed by atoms with E-state index in [-0.39, 0.29) is 0 Å². The first-order valence-electron chi connectivity index (χ1n) is 6.34. The van der Waals surface area contributed by atoms with Crippen LogP contribution in [0.5, 0.6) is 5.75 Å². The molecule has 1 aromatic heterocycles. The van der Waals surface area contributed by atoms with Crippen molar-refractivity contribution in [1.29, 1.82) is 0 Å². The predicted molar refractivity (Wildman–Crippen MR) is 79.0 cm³/mol. The third-order valence-electron chi connectivity index (χ3n) is 2.96. The lowest BCUT2D eigenvalue weighted by molar-refractivity contribution is 0.172. The molecule has 0 spiro atoms. The van der Waals surface area contributed by atoms with Crippen LogP contribution in [0.2, 0.25) is 0 Å². The topological polar surface area (TPSA) is 31.4 Å². The lowest BCUT2D eigenvalue weighted by atomic mass is 10.0. The summed E-state index contributed by atoms with van der Waals surface area (Å²) in [7, 11) is 1.71. The van der Waals surface area contributed by atoms with Crippen LogP contribution < -0.4 is 4.74 Å². The first-order chi connectivity index (χ1) is 9.22. The minimum absolute atomic E-state index is 0.683. The van der Waals surface area contributed by atoms with E-state index >= 15 is 0 Å². The minimum Gasteiger partial charge on any atom is -0.493 e. The van der Waals surface area contributed by atoms with E-state index < -0.39 is 0 Å². The first kappa shape index (κ1) is 14.0. The smallest absolute Gasteiger partial charge is 0.119 e. The van der Waals surface area contributed by atoms with Crippen LogP contribution in [-0.2, 0) is 4.74 Å². The zero-order valence-corrected chi connectivity index (χ0v) is 12.4. The Morgan fingerprint density at radius 1 is 1.16 bits per heavy atom. The van der Waals surface area contributed by atoms with Crippen LogP contribution in [0.3, 0.4) is 0 Å². The van der Waals surface area contributed by atoms with Crippen LogP contribution in [0, 0.1) is 13.8 Å². The molecule has 4 heteroatoms. The zero-order chi connectivity index (χ0) is 13.7. The van der Waals surface area contributed by atoms with E-state index in [9.17, 15) is 0 Å². The van der Waals surface area contributed by atoms with Crippen molar-refractivity contribution in [3.8, 4) is 17.0 Å². The molecule has 0 aliphatic heterocycles. The molecule has 0 amide bonds. The zero-order valence-electron chi connectivity index (χ0n) is 11.6. The molecule has 1 heterocycles. The van der Waals surface area contributed by atoms with Crippen LogP contribution in [-0.4, -0.2) is 25.3 Å². The van der Waals surface area contributed by atoms with Gasteiger partial charge in [-0.3, -0.25) is 0 Å². The lowest BCUT2D eigenvalue weighted by Gasteiger charge is -2.12. The average Bonchev–Trinajstić information content (AvgIpc) is 2.87. The number of ether oxygens (including phenoxy) is 2. The van der Waals surface area contributed by atoms with Crippen molar-refractivity contribution in [3.63, 3.8) is 0 Å². The van der Waals surface area contributed by atoms with Crippen molar-refractivity contribution in [1.82, 2.24) is 4.98 Å². The normalized spacial score (nSPS) is 10.7. The number of hydrogen-bond acceptors (Lipinski definition) is 4. The van der Waals surface area contributed by atoms with E-state index in [1.807, 2.05) is 5.51 Å². The van der Waals surface area contributed by atoms with Crippen LogP contribution in [0.4, 0.5) is 0 Å². The maximum atomic E-state index is 5.74. The summed E-state index contributed by atoms with van der Waals surface area (Å²) in [5, 5.41) is 2.08. The predicted octanol–water partition coefficient (Wildman–Crippen LogP) is 3.84. The molecule has 0 aliphatic carbocycles. The van der Waals surface area contributed by atoms with Crippen molar-refractivity contribution in [2.24, 2.45) is 0 Å². The molecule has 0 aliphatic rings. The van der Waals surface area contributed by atoms with E-state index in [4.69, 9.17) is 9.47 Å². The van der Waals surface area contributed by atoms with Gasteiger partial charge in [-0.05, 0) is 37.1 Å². The van der Waals surface area contributed by atoms with Gasteiger partial charge in [0.1, 0.15) is 5.75 Å². The van der Waals surface area contributed by atoms with Crippen LogP contribution >= 0.6 is 11.3 Å². The molecule has 0 atom stereocenters. The number of thiazole rings is 1. The summed E-state index contributed by atoms with van der Waals surface area (Å²) in [6.45, 7) is 5.62. The van der Waals surface area contributed by atoms with Crippen LogP contribution in [0.15, 0.2) is 23.0 Å². The standard InChI is InChI=1S/C15H19NO2S/c1-11-7-13(18-6-4-5-17-3)8-12(2)15(11)14-9-19-10-16-14/h7-10H,4-6H2,1-3H3. The Hall–Kier alpha value is -1.39. The molecule has 2 aromatic rings. The minimum atomic E-state index is 0.683. The van der Waals surface area contributed by atoms with Gasteiger partial charge in [0, 0.05) is 31.1 Å². The van der Waals surface area contributed by atoms with Crippen LogP contribution in [0.1, 0.15) is 17.5 Å². The summed E-state index contributed by atoms with van der Waals surface area (Å²) in [5.74, 6) is 0.921. The molecular weight excluding hydrogens is 258 g/mol. The SMILES string of the molecule is COCCCOc1cc(C)c(-c2cscn2)c(C)c1. The molecular formula is C15H19NO2S. The van der Waals surface area contributed by atoms with Gasteiger partial charge in [-0.2, -0.15) is 0 Å². The van der Waals surface area contributed by atoms with E-state index in [0.717, 1.165) is 24.5 Å². The molecule has 0 saturated carbocycles. The molecule has 0 N–H and O–H groups in total. The third kappa shape index (κ3) is 3.55. The Bertz CT molecular complexity index is 500. The second kappa shape index (κ2) is 6.68. The number of nitrogens with zero attached hydrogens (tertiary/aromatic N) is 1. The van der Waals surface area contributed by atoms with E-state index in [0.29, 0.717) is 6.61 Å². The van der Waals surface area contributed by atoms with E-state index in [1.54, 1.807) is 18.4 Å². The molecule has 0 radical (unpaired) electrons. The summed E-state index contributed by atoms with van der Waals surface area (Å²) in [5.41, 5.74) is 6.53. The maximum absolute atomic E-state index is 5.74. The average molecular weight is 277 g/mol. The molecule has 0 fully saturated rings. The molecule has 0 unspecified atom stereocenters. The van der Waals surface area contributed by atoms with E-state index in [2.05, 4.69) is 36.3 Å². The van der Waals surface area contributed by atoms with Crippen molar-refractivity contribution in [3.05, 3.63) is 34.2 Å². The quantitative estimate of drug-likeness (QED) is 0.752. The fourth-order valence-corrected chi connectivity index (χ4v) is 2.68. The first-order valence-corrected chi connectivity index (χ1v) is 7.28. The third-order valence-corrected chi connectivity index (χ3v) is 3.54. The van der Waals surface area contributed by atoms with Crippen molar-refractivity contribution in [2.75, 3.05) is 20.3 Å². The van der Waals surface area contributed by atoms with Gasteiger partial charge < -0.3 is 9.47 Å². The van der Waals surface area contributed by atoms with Crippen LogP contribution in [0.25, 0.3) is 11.3 Å². The van der Waals surface area contributed by atoms with Crippen molar-refractivity contribution in [2.45, 2.75) is 20.3 Å². The highest BCUT2D eigenvalue weighted by atomic mass is 32.1. The summed E-state index contributed by atoms with van der Waals surface area (Å²) >= 11 is 1.62. The Morgan fingerprint density at radius 3 is 2.47 bits per heavy atom. The lowest BCUT2D eigenvalue weighted by Crippen LogP contribution is -2.02. The van der Waals surface area contributed by atoms with Crippen molar-refractivity contribution < 1.29 is 9.47 Å². The maximum Gasteiger partial charge on any atom is 0.119 e. The molecule has 3 nitrogen and oxygen atoms in total. The Balaban J connectivity index is 2.13. The second-order valence-corrected chi connectivity index (χ2v) is 5.22. The van der Waals surface area contributed by atoms with Gasteiger partial charge >= 0.3 is 0 Å². The second-order valence-electron chi connectivity index (χ2n) is 4.50. The van der Waals surface area contributed by atoms with Gasteiger partial charge in [0.15, 0.2) is 0 Å². The molecule has 2 rings (SSSR count). The fourth-order valence-electron chi connectivity index (χ4n) is 2.14. The fraction of sp³-hybridized carbons (Fsp3) is 0.400. The summed E-state index contributed by atoms with van der Waals surface area (Å²) in [6, 6.07) is 4.16. The molecule has 1 aromatic carbocycles. The van der Waals surface area contributed by atoms with Gasteiger partial charge in [0.05, 0.1) is 17.8 Å². The number of rotatable bonds is 6. The van der Waals surface area contributed by atoms with Gasteiger partial charge in [-0.15, -0.1) is 11.3 Å².